The Labute approximate surface area is 345 Å². The van der Waals surface area contributed by atoms with Crippen LogP contribution in [0.3, 0.4) is 0 Å². The van der Waals surface area contributed by atoms with Gasteiger partial charge in [-0.1, -0.05) is 55.4 Å². The number of rotatable bonds is 7. The molecule has 8 nitrogen and oxygen atoms in total. The van der Waals surface area contributed by atoms with Crippen molar-refractivity contribution in [3.8, 4) is 0 Å². The van der Waals surface area contributed by atoms with Crippen molar-refractivity contribution in [1.29, 1.82) is 0 Å². The molecule has 9 aliphatic rings. The molecule has 320 valence electrons. The summed E-state index contributed by atoms with van der Waals surface area (Å²) < 4.78 is 6.49. The van der Waals surface area contributed by atoms with Gasteiger partial charge in [-0.15, -0.1) is 0 Å². The lowest BCUT2D eigenvalue weighted by Crippen LogP contribution is -2.68. The van der Waals surface area contributed by atoms with E-state index < -0.39 is 17.3 Å². The fourth-order valence-corrected chi connectivity index (χ4v) is 17.4. The molecule has 9 rings (SSSR count). The van der Waals surface area contributed by atoms with Gasteiger partial charge in [0.25, 0.3) is 0 Å². The lowest BCUT2D eigenvalue weighted by atomic mass is 9.32. The number of hydrogen-bond donors (Lipinski definition) is 1. The van der Waals surface area contributed by atoms with Gasteiger partial charge in [0, 0.05) is 50.7 Å². The van der Waals surface area contributed by atoms with Crippen molar-refractivity contribution in [3.63, 3.8) is 0 Å². The van der Waals surface area contributed by atoms with Crippen LogP contribution >= 0.6 is 0 Å². The van der Waals surface area contributed by atoms with Crippen LogP contribution in [-0.4, -0.2) is 96.1 Å². The molecule has 7 saturated carbocycles. The van der Waals surface area contributed by atoms with Crippen LogP contribution in [0.15, 0.2) is 0 Å². The van der Waals surface area contributed by atoms with Gasteiger partial charge in [0.15, 0.2) is 0 Å². The summed E-state index contributed by atoms with van der Waals surface area (Å²) >= 11 is 0. The quantitative estimate of drug-likeness (QED) is 0.258. The van der Waals surface area contributed by atoms with E-state index in [1.165, 1.54) is 57.8 Å². The van der Waals surface area contributed by atoms with Crippen molar-refractivity contribution in [1.82, 2.24) is 14.7 Å². The highest BCUT2D eigenvalue weighted by molar-refractivity contribution is 5.84. The molecule has 9 fully saturated rings. The number of likely N-dealkylation sites (tertiary alicyclic amines) is 1. The number of likely N-dealkylation sites (N-methyl/N-ethyl adjacent to an activating group) is 1. The molecule has 1 amide bonds. The molecule has 0 aromatic carbocycles. The average molecular weight is 790 g/mol. The van der Waals surface area contributed by atoms with Crippen LogP contribution in [0.25, 0.3) is 0 Å². The number of hydrogen-bond acceptors (Lipinski definition) is 6. The zero-order valence-corrected chi connectivity index (χ0v) is 37.5. The number of piperazine rings is 1. The molecule has 57 heavy (non-hydrogen) atoms. The summed E-state index contributed by atoms with van der Waals surface area (Å²) in [5.41, 5.74) is 0.107. The van der Waals surface area contributed by atoms with Gasteiger partial charge in [-0.3, -0.25) is 19.3 Å². The number of carbonyl (C=O) groups excluding carboxylic acids is 2. The summed E-state index contributed by atoms with van der Waals surface area (Å²) in [6.45, 7) is 25.8. The first-order valence-corrected chi connectivity index (χ1v) is 23.9. The van der Waals surface area contributed by atoms with Gasteiger partial charge in [0.2, 0.25) is 5.91 Å². The molecule has 0 aromatic heterocycles. The van der Waals surface area contributed by atoms with E-state index in [9.17, 15) is 14.7 Å². The maximum atomic E-state index is 15.5. The predicted octanol–water partition coefficient (Wildman–Crippen LogP) is 8.77. The highest BCUT2D eigenvalue weighted by Gasteiger charge is 2.74. The largest absolute Gasteiger partial charge is 0.481 e. The van der Waals surface area contributed by atoms with Crippen molar-refractivity contribution in [3.05, 3.63) is 0 Å². The van der Waals surface area contributed by atoms with Gasteiger partial charge in [-0.05, 0) is 160 Å². The Kier molecular flexibility index (Phi) is 9.58. The third kappa shape index (κ3) is 5.79. The molecule has 13 atom stereocenters. The minimum Gasteiger partial charge on any atom is -0.481 e. The number of aliphatic carboxylic acids is 1. The second-order valence-electron chi connectivity index (χ2n) is 24.3. The topological polar surface area (TPSA) is 90.4 Å². The molecule has 0 spiro atoms. The second-order valence-corrected chi connectivity index (χ2v) is 24.3. The SMILES string of the molecule is CN1CCN(C[C@@H]2CCCN2C(=O)[C@]23CC[C@@H](C4(C)CC4)[C@@H]2[C@H]2CC[C@@H]4[C@@]5(C)CC[C@H](OC(=O)[C@H]6C[C@@H](C(=O)O)C6(C)C)C(C)(C)[C@@H]5CC[C@@]4(C)[C@]2(C)CC3)CC1. The number of amides is 1. The molecule has 0 unspecified atom stereocenters. The zero-order chi connectivity index (χ0) is 40.7. The highest BCUT2D eigenvalue weighted by atomic mass is 16.5. The number of carboxylic acid groups (broad SMARTS) is 1. The Bertz CT molecular complexity index is 1630. The van der Waals surface area contributed by atoms with Gasteiger partial charge in [0.1, 0.15) is 6.10 Å². The van der Waals surface area contributed by atoms with E-state index in [4.69, 9.17) is 4.74 Å². The fourth-order valence-electron chi connectivity index (χ4n) is 17.4. The van der Waals surface area contributed by atoms with E-state index in [0.29, 0.717) is 53.4 Å². The van der Waals surface area contributed by atoms with E-state index in [1.54, 1.807) is 0 Å². The van der Waals surface area contributed by atoms with Gasteiger partial charge in [0.05, 0.1) is 17.3 Å². The maximum Gasteiger partial charge on any atom is 0.309 e. The fraction of sp³-hybridized carbons (Fsp3) is 0.939. The smallest absolute Gasteiger partial charge is 0.309 e. The van der Waals surface area contributed by atoms with Crippen molar-refractivity contribution in [2.75, 3.05) is 46.3 Å². The molecule has 0 aromatic rings. The molecule has 0 radical (unpaired) electrons. The molecule has 7 aliphatic carbocycles. The second kappa shape index (κ2) is 13.4. The predicted molar refractivity (Wildman–Crippen MR) is 223 cm³/mol. The minimum atomic E-state index is -0.802. The summed E-state index contributed by atoms with van der Waals surface area (Å²) in [4.78, 5) is 48.6. The van der Waals surface area contributed by atoms with E-state index in [1.807, 2.05) is 13.8 Å². The first-order valence-electron chi connectivity index (χ1n) is 23.9. The molecule has 2 saturated heterocycles. The van der Waals surface area contributed by atoms with Gasteiger partial charge in [-0.25, -0.2) is 0 Å². The first-order chi connectivity index (χ1) is 26.7. The summed E-state index contributed by atoms with van der Waals surface area (Å²) in [6.07, 6.45) is 16.8. The molecule has 8 heteroatoms. The van der Waals surface area contributed by atoms with Crippen molar-refractivity contribution in [2.24, 2.45) is 79.3 Å². The lowest BCUT2D eigenvalue weighted by Gasteiger charge is -2.73. The Morgan fingerprint density at radius 3 is 2.05 bits per heavy atom. The minimum absolute atomic E-state index is 0.135. The summed E-state index contributed by atoms with van der Waals surface area (Å²) in [7, 11) is 2.23. The van der Waals surface area contributed by atoms with Gasteiger partial charge in [-0.2, -0.15) is 0 Å². The normalized spacial score (nSPS) is 48.4. The Balaban J connectivity index is 0.960. The van der Waals surface area contributed by atoms with Crippen LogP contribution < -0.4 is 0 Å². The van der Waals surface area contributed by atoms with Crippen LogP contribution in [0, 0.1) is 79.3 Å². The van der Waals surface area contributed by atoms with Crippen molar-refractivity contribution < 1.29 is 24.2 Å². The molecule has 2 heterocycles. The Morgan fingerprint density at radius 1 is 0.667 bits per heavy atom. The number of fused-ring (bicyclic) bond motifs is 7. The first kappa shape index (κ1) is 40.7. The molecule has 2 aliphatic heterocycles. The third-order valence-corrected chi connectivity index (χ3v) is 21.5. The summed E-state index contributed by atoms with van der Waals surface area (Å²) in [5, 5.41) is 9.71. The van der Waals surface area contributed by atoms with Crippen LogP contribution in [0.5, 0.6) is 0 Å². The Hall–Kier alpha value is -1.67. The van der Waals surface area contributed by atoms with Crippen LogP contribution in [0.4, 0.5) is 0 Å². The molecular formula is C49H79N3O5. The van der Waals surface area contributed by atoms with E-state index >= 15 is 4.79 Å². The summed E-state index contributed by atoms with van der Waals surface area (Å²) in [6, 6.07) is 0.378. The monoisotopic (exact) mass is 790 g/mol. The lowest BCUT2D eigenvalue weighted by molar-refractivity contribution is -0.253. The van der Waals surface area contributed by atoms with Crippen LogP contribution in [0.1, 0.15) is 152 Å². The number of carboxylic acids is 1. The number of carbonyl (C=O) groups is 3. The van der Waals surface area contributed by atoms with Crippen LogP contribution in [-0.2, 0) is 19.1 Å². The summed E-state index contributed by atoms with van der Waals surface area (Å²) in [5.74, 6) is 1.64. The van der Waals surface area contributed by atoms with E-state index in [2.05, 4.69) is 63.3 Å². The van der Waals surface area contributed by atoms with Crippen LogP contribution in [0.2, 0.25) is 0 Å². The maximum absolute atomic E-state index is 15.5. The average Bonchev–Trinajstić information content (AvgIpc) is 3.52. The number of nitrogens with zero attached hydrogens (tertiary/aromatic N) is 3. The molecule has 1 N–H and O–H groups in total. The Morgan fingerprint density at radius 2 is 1.39 bits per heavy atom. The third-order valence-electron chi connectivity index (χ3n) is 21.5. The highest BCUT2D eigenvalue weighted by Crippen LogP contribution is 2.79. The van der Waals surface area contributed by atoms with Crippen molar-refractivity contribution >= 4 is 17.8 Å². The zero-order valence-electron chi connectivity index (χ0n) is 37.5. The van der Waals surface area contributed by atoms with Gasteiger partial charge < -0.3 is 19.6 Å². The number of ether oxygens (including phenoxy) is 1. The van der Waals surface area contributed by atoms with Gasteiger partial charge >= 0.3 is 11.9 Å². The van der Waals surface area contributed by atoms with E-state index in [-0.39, 0.29) is 45.1 Å². The molecule has 0 bridgehead atoms. The standard InChI is InChI=1S/C49H79N3O5/c1-43(2)34(40(53)54)29-35(43)41(55)57-38-16-17-46(6)36(44(38,3)4)15-18-48(8)37(46)13-12-33-39-32(45(5)20-21-45)14-19-49(39,23-22-47(33,48)7)42(56)52-24-10-11-31(52)30-51-27-25-50(9)26-28-51/h31-39H,10-30H2,1-9H3,(H,53,54)/t31-,32+,33+,34-,35+,36-,37+,38-,39+,46-,47+,48+,49-/m0/s1. The molecular weight excluding hydrogens is 711 g/mol. The number of esters is 1. The van der Waals surface area contributed by atoms with Crippen molar-refractivity contribution in [2.45, 2.75) is 164 Å². The van der Waals surface area contributed by atoms with E-state index in [0.717, 1.165) is 71.4 Å².